The fourth-order valence-electron chi connectivity index (χ4n) is 3.45. The van der Waals surface area contributed by atoms with Gasteiger partial charge in [-0.3, -0.25) is 9.59 Å². The molecule has 2 aromatic heterocycles. The topological polar surface area (TPSA) is 53.8 Å². The molecule has 0 N–H and O–H groups in total. The lowest BCUT2D eigenvalue weighted by molar-refractivity contribution is -0.120. The van der Waals surface area contributed by atoms with Gasteiger partial charge in [-0.05, 0) is 24.4 Å². The molecule has 114 valence electrons. The van der Waals surface area contributed by atoms with Crippen molar-refractivity contribution in [2.75, 3.05) is 24.5 Å². The van der Waals surface area contributed by atoms with Gasteiger partial charge < -0.3 is 14.2 Å². The van der Waals surface area contributed by atoms with Crippen LogP contribution in [0.4, 0.5) is 5.69 Å². The molecule has 2 aliphatic rings. The van der Waals surface area contributed by atoms with Crippen molar-refractivity contribution < 1.29 is 14.0 Å². The molecule has 0 bridgehead atoms. The molecule has 0 spiro atoms. The fourth-order valence-corrected chi connectivity index (χ4v) is 4.09. The number of aryl methyl sites for hydroxylation is 1. The molecule has 2 fully saturated rings. The number of thiophene rings is 1. The minimum Gasteiger partial charge on any atom is -0.469 e. The van der Waals surface area contributed by atoms with E-state index < -0.39 is 0 Å². The van der Waals surface area contributed by atoms with Crippen LogP contribution in [0.25, 0.3) is 0 Å². The molecular weight excluding hydrogens is 300 g/mol. The van der Waals surface area contributed by atoms with Crippen molar-refractivity contribution in [3.8, 4) is 0 Å². The molecule has 4 rings (SSSR count). The first-order valence-corrected chi connectivity index (χ1v) is 8.26. The van der Waals surface area contributed by atoms with E-state index in [0.29, 0.717) is 31.0 Å². The zero-order valence-corrected chi connectivity index (χ0v) is 13.0. The van der Waals surface area contributed by atoms with Gasteiger partial charge in [0.05, 0.1) is 23.4 Å². The summed E-state index contributed by atoms with van der Waals surface area (Å²) in [4.78, 5) is 28.7. The van der Waals surface area contributed by atoms with Crippen molar-refractivity contribution in [2.45, 2.75) is 6.92 Å². The van der Waals surface area contributed by atoms with Gasteiger partial charge in [0.25, 0.3) is 5.91 Å². The van der Waals surface area contributed by atoms with Crippen molar-refractivity contribution in [3.63, 3.8) is 0 Å². The Morgan fingerprint density at radius 2 is 2.18 bits per heavy atom. The average Bonchev–Trinajstić information content (AvgIpc) is 3.24. The van der Waals surface area contributed by atoms with Crippen LogP contribution in [-0.4, -0.2) is 36.3 Å². The SMILES string of the molecule is Cc1occc1C(=O)N1C[C@@H]2CN(c3ccsc3)C(=O)[C@@H]2C1. The Labute approximate surface area is 132 Å². The molecule has 0 radical (unpaired) electrons. The maximum Gasteiger partial charge on any atom is 0.257 e. The van der Waals surface area contributed by atoms with Gasteiger partial charge in [0.1, 0.15) is 5.76 Å². The van der Waals surface area contributed by atoms with Gasteiger partial charge in [0.15, 0.2) is 0 Å². The number of hydrogen-bond donors (Lipinski definition) is 0. The first-order chi connectivity index (χ1) is 10.6. The van der Waals surface area contributed by atoms with Crippen molar-refractivity contribution in [1.29, 1.82) is 0 Å². The molecule has 2 saturated heterocycles. The monoisotopic (exact) mass is 316 g/mol. The highest BCUT2D eigenvalue weighted by Crippen LogP contribution is 2.36. The maximum atomic E-state index is 12.6. The third-order valence-electron chi connectivity index (χ3n) is 4.64. The molecule has 0 aromatic carbocycles. The Kier molecular flexibility index (Phi) is 3.07. The Bertz CT molecular complexity index is 722. The fraction of sp³-hybridized carbons (Fsp3) is 0.375. The molecular formula is C16H16N2O3S. The minimum atomic E-state index is -0.0731. The quantitative estimate of drug-likeness (QED) is 0.855. The van der Waals surface area contributed by atoms with E-state index >= 15 is 0 Å². The lowest BCUT2D eigenvalue weighted by atomic mass is 10.0. The molecule has 4 heterocycles. The van der Waals surface area contributed by atoms with Crippen molar-refractivity contribution in [3.05, 3.63) is 40.5 Å². The smallest absolute Gasteiger partial charge is 0.257 e. The Balaban J connectivity index is 1.50. The second kappa shape index (κ2) is 4.98. The molecule has 22 heavy (non-hydrogen) atoms. The van der Waals surface area contributed by atoms with Crippen LogP contribution in [0.3, 0.4) is 0 Å². The summed E-state index contributed by atoms with van der Waals surface area (Å²) in [6.07, 6.45) is 1.53. The first kappa shape index (κ1) is 13.6. The van der Waals surface area contributed by atoms with E-state index in [9.17, 15) is 9.59 Å². The number of carbonyl (C=O) groups excluding carboxylic acids is 2. The van der Waals surface area contributed by atoms with Crippen molar-refractivity contribution in [1.82, 2.24) is 4.90 Å². The van der Waals surface area contributed by atoms with Crippen LogP contribution in [0.1, 0.15) is 16.1 Å². The van der Waals surface area contributed by atoms with Crippen LogP contribution in [-0.2, 0) is 4.79 Å². The minimum absolute atomic E-state index is 0.0319. The number of anilines is 1. The summed E-state index contributed by atoms with van der Waals surface area (Å²) in [5.74, 6) is 0.894. The van der Waals surface area contributed by atoms with E-state index in [-0.39, 0.29) is 23.7 Å². The first-order valence-electron chi connectivity index (χ1n) is 7.32. The highest BCUT2D eigenvalue weighted by molar-refractivity contribution is 7.08. The molecule has 2 amide bonds. The van der Waals surface area contributed by atoms with Crippen LogP contribution in [0.15, 0.2) is 33.6 Å². The number of amides is 2. The lowest BCUT2D eigenvalue weighted by Crippen LogP contribution is -2.35. The summed E-state index contributed by atoms with van der Waals surface area (Å²) in [5.41, 5.74) is 1.58. The van der Waals surface area contributed by atoms with Crippen molar-refractivity contribution >= 4 is 28.8 Å². The Morgan fingerprint density at radius 1 is 1.32 bits per heavy atom. The maximum absolute atomic E-state index is 12.6. The van der Waals surface area contributed by atoms with Gasteiger partial charge in [0, 0.05) is 30.9 Å². The number of likely N-dealkylation sites (tertiary alicyclic amines) is 1. The zero-order chi connectivity index (χ0) is 15.3. The summed E-state index contributed by atoms with van der Waals surface area (Å²) in [7, 11) is 0. The van der Waals surface area contributed by atoms with Gasteiger partial charge in [-0.15, -0.1) is 0 Å². The summed E-state index contributed by atoms with van der Waals surface area (Å²) < 4.78 is 5.20. The number of fused-ring (bicyclic) bond motifs is 1. The number of furan rings is 1. The highest BCUT2D eigenvalue weighted by Gasteiger charge is 2.48. The van der Waals surface area contributed by atoms with Crippen molar-refractivity contribution in [2.24, 2.45) is 11.8 Å². The number of rotatable bonds is 2. The molecule has 5 nitrogen and oxygen atoms in total. The number of nitrogens with zero attached hydrogens (tertiary/aromatic N) is 2. The van der Waals surface area contributed by atoms with Crippen LogP contribution in [0.5, 0.6) is 0 Å². The summed E-state index contributed by atoms with van der Waals surface area (Å²) >= 11 is 1.59. The largest absolute Gasteiger partial charge is 0.469 e. The molecule has 6 heteroatoms. The predicted molar refractivity (Wildman–Crippen MR) is 83.0 cm³/mol. The van der Waals surface area contributed by atoms with E-state index in [1.165, 1.54) is 6.26 Å². The van der Waals surface area contributed by atoms with E-state index in [1.807, 2.05) is 21.7 Å². The third kappa shape index (κ3) is 1.98. The van der Waals surface area contributed by atoms with Gasteiger partial charge >= 0.3 is 0 Å². The average molecular weight is 316 g/mol. The third-order valence-corrected chi connectivity index (χ3v) is 5.31. The molecule has 2 aromatic rings. The van der Waals surface area contributed by atoms with Crippen LogP contribution in [0.2, 0.25) is 0 Å². The number of hydrogen-bond acceptors (Lipinski definition) is 4. The molecule has 0 saturated carbocycles. The van der Waals surface area contributed by atoms with E-state index in [4.69, 9.17) is 4.42 Å². The van der Waals surface area contributed by atoms with Gasteiger partial charge in [0.2, 0.25) is 5.91 Å². The summed E-state index contributed by atoms with van der Waals surface area (Å²) in [6.45, 7) is 3.63. The van der Waals surface area contributed by atoms with Crippen LogP contribution < -0.4 is 4.90 Å². The molecule has 0 aliphatic carbocycles. The second-order valence-electron chi connectivity index (χ2n) is 5.90. The predicted octanol–water partition coefficient (Wildman–Crippen LogP) is 2.38. The normalized spacial score (nSPS) is 24.1. The zero-order valence-electron chi connectivity index (χ0n) is 12.2. The number of carbonyl (C=O) groups is 2. The van der Waals surface area contributed by atoms with Gasteiger partial charge in [-0.1, -0.05) is 0 Å². The van der Waals surface area contributed by atoms with Crippen LogP contribution >= 0.6 is 11.3 Å². The highest BCUT2D eigenvalue weighted by atomic mass is 32.1. The molecule has 2 aliphatic heterocycles. The second-order valence-corrected chi connectivity index (χ2v) is 6.68. The van der Waals surface area contributed by atoms with Gasteiger partial charge in [-0.2, -0.15) is 11.3 Å². The van der Waals surface area contributed by atoms with Gasteiger partial charge in [-0.25, -0.2) is 0 Å². The standard InChI is InChI=1S/C16H16N2O3S/c1-10-13(2-4-21-10)15(19)17-6-11-7-18(12-3-5-22-9-12)16(20)14(11)8-17/h2-5,9,11,14H,6-8H2,1H3/t11-,14-/m1/s1. The Morgan fingerprint density at radius 3 is 2.82 bits per heavy atom. The summed E-state index contributed by atoms with van der Waals surface area (Å²) in [6, 6.07) is 3.67. The lowest BCUT2D eigenvalue weighted by Gasteiger charge is -2.21. The van der Waals surface area contributed by atoms with E-state index in [2.05, 4.69) is 0 Å². The Hall–Kier alpha value is -2.08. The summed E-state index contributed by atoms with van der Waals surface area (Å²) in [5, 5.41) is 3.98. The van der Waals surface area contributed by atoms with E-state index in [1.54, 1.807) is 29.2 Å². The molecule has 2 atom stereocenters. The molecule has 0 unspecified atom stereocenters. The van der Waals surface area contributed by atoms with E-state index in [0.717, 1.165) is 5.69 Å². The van der Waals surface area contributed by atoms with Crippen LogP contribution in [0, 0.1) is 18.8 Å².